The molecule has 0 spiro atoms. The molecule has 1 atom stereocenters. The molecule has 1 amide bonds. The molecule has 0 aliphatic carbocycles. The van der Waals surface area contributed by atoms with E-state index >= 15 is 8.78 Å². The second kappa shape index (κ2) is 8.53. The van der Waals surface area contributed by atoms with Crippen LogP contribution in [0.15, 0.2) is 36.8 Å². The van der Waals surface area contributed by atoms with Crippen LogP contribution in [0.1, 0.15) is 12.6 Å². The van der Waals surface area contributed by atoms with Crippen LogP contribution in [-0.4, -0.2) is 61.2 Å². The van der Waals surface area contributed by atoms with Gasteiger partial charge >= 0.3 is 0 Å². The van der Waals surface area contributed by atoms with Crippen LogP contribution in [0, 0.1) is 11.6 Å². The summed E-state index contributed by atoms with van der Waals surface area (Å²) < 4.78 is 38.1. The monoisotopic (exact) mass is 472 g/mol. The van der Waals surface area contributed by atoms with Gasteiger partial charge in [0.05, 0.1) is 29.7 Å². The summed E-state index contributed by atoms with van der Waals surface area (Å²) in [5.41, 5.74) is 1.13. The predicted molar refractivity (Wildman–Crippen MR) is 117 cm³/mol. The summed E-state index contributed by atoms with van der Waals surface area (Å²) in [4.78, 5) is 22.0. The van der Waals surface area contributed by atoms with Gasteiger partial charge in [-0.1, -0.05) is 11.6 Å². The van der Waals surface area contributed by atoms with Gasteiger partial charge in [-0.2, -0.15) is 5.10 Å². The molecular weight excluding hydrogens is 454 g/mol. The molecule has 3 aromatic heterocycles. The average Bonchev–Trinajstić information content (AvgIpc) is 3.42. The Bertz CT molecular complexity index is 1320. The number of fused-ring (bicyclic) bond motifs is 1. The van der Waals surface area contributed by atoms with Crippen LogP contribution in [0.5, 0.6) is 0 Å². The summed E-state index contributed by atoms with van der Waals surface area (Å²) in [7, 11) is 0. The van der Waals surface area contributed by atoms with E-state index in [1.54, 1.807) is 27.6 Å². The van der Waals surface area contributed by atoms with Crippen LogP contribution in [0.4, 0.5) is 8.78 Å². The number of imidazole rings is 1. The number of aromatic nitrogens is 5. The Balaban J connectivity index is 1.61. The zero-order chi connectivity index (χ0) is 23.1. The minimum Gasteiger partial charge on any atom is -0.374 e. The maximum absolute atomic E-state index is 15.3. The number of pyridine rings is 1. The second-order valence-electron chi connectivity index (χ2n) is 7.79. The molecule has 4 aromatic rings. The van der Waals surface area contributed by atoms with Gasteiger partial charge in [-0.05, 0) is 18.2 Å². The van der Waals surface area contributed by atoms with Crippen LogP contribution in [0.25, 0.3) is 28.3 Å². The number of aromatic amines is 1. The van der Waals surface area contributed by atoms with Crippen LogP contribution in [0.3, 0.4) is 0 Å². The van der Waals surface area contributed by atoms with E-state index in [4.69, 9.17) is 16.3 Å². The number of carbonyl (C=O) groups excluding carboxylic acids is 1. The normalized spacial score (nSPS) is 16.5. The molecule has 1 fully saturated rings. The molecule has 4 heterocycles. The SMILES string of the molecule is CC(=O)N1CCOC(Cc2c(-c3c(F)cc(-c4ncn[nH]4)cc3F)nc3cc(Cl)ccn23)C1. The van der Waals surface area contributed by atoms with Crippen molar-refractivity contribution in [3.63, 3.8) is 0 Å². The molecule has 0 radical (unpaired) electrons. The number of halogens is 3. The summed E-state index contributed by atoms with van der Waals surface area (Å²) >= 11 is 6.13. The van der Waals surface area contributed by atoms with Crippen LogP contribution in [-0.2, 0) is 16.0 Å². The number of rotatable bonds is 4. The molecule has 5 rings (SSSR count). The Morgan fingerprint density at radius 2 is 2.09 bits per heavy atom. The van der Waals surface area contributed by atoms with Crippen LogP contribution < -0.4 is 0 Å². The lowest BCUT2D eigenvalue weighted by molar-refractivity contribution is -0.136. The maximum Gasteiger partial charge on any atom is 0.219 e. The average molecular weight is 473 g/mol. The highest BCUT2D eigenvalue weighted by Gasteiger charge is 2.28. The molecule has 1 aliphatic rings. The van der Waals surface area contributed by atoms with Crippen LogP contribution >= 0.6 is 11.6 Å². The van der Waals surface area contributed by atoms with Crippen molar-refractivity contribution in [3.05, 3.63) is 59.1 Å². The van der Waals surface area contributed by atoms with E-state index in [0.717, 1.165) is 0 Å². The van der Waals surface area contributed by atoms with Crippen molar-refractivity contribution in [1.29, 1.82) is 0 Å². The molecule has 1 unspecified atom stereocenters. The standard InChI is InChI=1S/C22H19ClF2N6O2/c1-12(32)30-4-5-33-15(10-30)9-18-21(28-19-8-14(23)2-3-31(18)19)20-16(24)6-13(7-17(20)25)22-26-11-27-29-22/h2-3,6-8,11,15H,4-5,9-10H2,1H3,(H,26,27,29). The lowest BCUT2D eigenvalue weighted by atomic mass is 10.0. The number of nitrogens with zero attached hydrogens (tertiary/aromatic N) is 5. The van der Waals surface area contributed by atoms with Gasteiger partial charge < -0.3 is 14.0 Å². The minimum atomic E-state index is -0.785. The second-order valence-corrected chi connectivity index (χ2v) is 8.23. The largest absolute Gasteiger partial charge is 0.374 e. The lowest BCUT2D eigenvalue weighted by Gasteiger charge is -2.32. The Morgan fingerprint density at radius 1 is 1.30 bits per heavy atom. The van der Waals surface area contributed by atoms with E-state index in [1.165, 1.54) is 25.4 Å². The number of ether oxygens (including phenoxy) is 1. The number of H-pyrrole nitrogens is 1. The molecule has 33 heavy (non-hydrogen) atoms. The Kier molecular flexibility index (Phi) is 5.55. The minimum absolute atomic E-state index is 0.0476. The molecule has 1 N–H and O–H groups in total. The van der Waals surface area contributed by atoms with Crippen molar-refractivity contribution in [3.8, 4) is 22.6 Å². The number of carbonyl (C=O) groups is 1. The van der Waals surface area contributed by atoms with E-state index in [1.807, 2.05) is 0 Å². The third-order valence-corrected chi connectivity index (χ3v) is 5.89. The van der Waals surface area contributed by atoms with Crippen molar-refractivity contribution in [2.75, 3.05) is 19.7 Å². The predicted octanol–water partition coefficient (Wildman–Crippen LogP) is 3.51. The molecule has 11 heteroatoms. The van der Waals surface area contributed by atoms with Gasteiger partial charge in [0.25, 0.3) is 0 Å². The van der Waals surface area contributed by atoms with Crippen molar-refractivity contribution in [2.45, 2.75) is 19.4 Å². The highest BCUT2D eigenvalue weighted by molar-refractivity contribution is 6.30. The van der Waals surface area contributed by atoms with Crippen molar-refractivity contribution < 1.29 is 18.3 Å². The van der Waals surface area contributed by atoms with E-state index in [2.05, 4.69) is 20.2 Å². The maximum atomic E-state index is 15.3. The van der Waals surface area contributed by atoms with Crippen molar-refractivity contribution in [2.24, 2.45) is 0 Å². The number of hydrogen-bond acceptors (Lipinski definition) is 5. The third-order valence-electron chi connectivity index (χ3n) is 5.66. The van der Waals surface area contributed by atoms with Crippen molar-refractivity contribution in [1.82, 2.24) is 29.5 Å². The number of nitrogens with one attached hydrogen (secondary N) is 1. The fraction of sp³-hybridized carbons (Fsp3) is 0.273. The first-order valence-electron chi connectivity index (χ1n) is 10.3. The smallest absolute Gasteiger partial charge is 0.219 e. The Labute approximate surface area is 192 Å². The fourth-order valence-electron chi connectivity index (χ4n) is 4.09. The molecule has 0 bridgehead atoms. The number of benzene rings is 1. The van der Waals surface area contributed by atoms with E-state index < -0.39 is 11.6 Å². The summed E-state index contributed by atoms with van der Waals surface area (Å²) in [6.07, 6.45) is 2.91. The first kappa shape index (κ1) is 21.5. The fourth-order valence-corrected chi connectivity index (χ4v) is 4.24. The molecule has 170 valence electrons. The van der Waals surface area contributed by atoms with Crippen LogP contribution in [0.2, 0.25) is 5.02 Å². The summed E-state index contributed by atoms with van der Waals surface area (Å²) in [5.74, 6) is -1.37. The van der Waals surface area contributed by atoms with E-state index in [0.29, 0.717) is 42.5 Å². The molecule has 1 aromatic carbocycles. The molecule has 0 saturated carbocycles. The first-order valence-corrected chi connectivity index (χ1v) is 10.7. The van der Waals surface area contributed by atoms with Crippen molar-refractivity contribution >= 4 is 23.2 Å². The van der Waals surface area contributed by atoms with Gasteiger partial charge in [-0.3, -0.25) is 9.89 Å². The number of morpholine rings is 1. The lowest BCUT2D eigenvalue weighted by Crippen LogP contribution is -2.45. The highest BCUT2D eigenvalue weighted by atomic mass is 35.5. The van der Waals surface area contributed by atoms with Gasteiger partial charge in [0, 0.05) is 49.3 Å². The van der Waals surface area contributed by atoms with Gasteiger partial charge in [-0.15, -0.1) is 0 Å². The Morgan fingerprint density at radius 3 is 2.79 bits per heavy atom. The van der Waals surface area contributed by atoms with Gasteiger partial charge in [0.2, 0.25) is 5.91 Å². The summed E-state index contributed by atoms with van der Waals surface area (Å²) in [5, 5.41) is 6.77. The van der Waals surface area contributed by atoms with Gasteiger partial charge in [0.1, 0.15) is 23.6 Å². The molecule has 8 nitrogen and oxygen atoms in total. The van der Waals surface area contributed by atoms with Gasteiger partial charge in [0.15, 0.2) is 5.82 Å². The summed E-state index contributed by atoms with van der Waals surface area (Å²) in [6.45, 7) is 2.78. The molecular formula is C22H19ClF2N6O2. The Hall–Kier alpha value is -3.37. The highest BCUT2D eigenvalue weighted by Crippen LogP contribution is 2.33. The van der Waals surface area contributed by atoms with E-state index in [-0.39, 0.29) is 34.7 Å². The summed E-state index contributed by atoms with van der Waals surface area (Å²) in [6, 6.07) is 5.67. The number of hydrogen-bond donors (Lipinski definition) is 1. The first-order chi connectivity index (χ1) is 15.9. The third kappa shape index (κ3) is 4.07. The topological polar surface area (TPSA) is 88.4 Å². The number of amides is 1. The molecule has 1 saturated heterocycles. The zero-order valence-electron chi connectivity index (χ0n) is 17.6. The zero-order valence-corrected chi connectivity index (χ0v) is 18.3. The van der Waals surface area contributed by atoms with E-state index in [9.17, 15) is 4.79 Å². The van der Waals surface area contributed by atoms with Gasteiger partial charge in [-0.25, -0.2) is 18.7 Å². The molecule has 1 aliphatic heterocycles. The quantitative estimate of drug-likeness (QED) is 0.491.